The van der Waals surface area contributed by atoms with Crippen molar-refractivity contribution in [2.75, 3.05) is 0 Å². The minimum atomic E-state index is -0.0689. The standard InChI is InChI=1S/C25H36O2/c1-16-12-18(14-20(22(16)26)24(3,4)5)10-9-11-19-13-17(2)23(27)21(15-19)25(6,7)8/h12-15,26-27H,9-11H2,1-8H3. The predicted octanol–water partition coefficient (Wildman–Crippen LogP) is 6.48. The maximum absolute atomic E-state index is 10.4. The van der Waals surface area contributed by atoms with Crippen molar-refractivity contribution < 1.29 is 10.2 Å². The Morgan fingerprint density at radius 3 is 1.26 bits per heavy atom. The summed E-state index contributed by atoms with van der Waals surface area (Å²) in [5.74, 6) is 0.852. The van der Waals surface area contributed by atoms with E-state index in [1.54, 1.807) is 0 Å². The van der Waals surface area contributed by atoms with Crippen molar-refractivity contribution in [3.63, 3.8) is 0 Å². The lowest BCUT2D eigenvalue weighted by molar-refractivity contribution is 0.442. The average molecular weight is 369 g/mol. The molecular weight excluding hydrogens is 332 g/mol. The zero-order chi connectivity index (χ0) is 20.6. The summed E-state index contributed by atoms with van der Waals surface area (Å²) in [5.41, 5.74) is 6.37. The molecule has 2 aromatic rings. The molecule has 0 saturated carbocycles. The number of hydrogen-bond acceptors (Lipinski definition) is 2. The van der Waals surface area contributed by atoms with Crippen molar-refractivity contribution in [1.29, 1.82) is 0 Å². The third kappa shape index (κ3) is 5.06. The molecule has 2 N–H and O–H groups in total. The smallest absolute Gasteiger partial charge is 0.122 e. The molecule has 0 heterocycles. The van der Waals surface area contributed by atoms with Crippen LogP contribution in [0.4, 0.5) is 0 Å². The molecule has 0 amide bonds. The number of rotatable bonds is 4. The maximum atomic E-state index is 10.4. The summed E-state index contributed by atoms with van der Waals surface area (Å²) in [4.78, 5) is 0. The van der Waals surface area contributed by atoms with Gasteiger partial charge in [0.1, 0.15) is 11.5 Å². The quantitative estimate of drug-likeness (QED) is 0.648. The first-order valence-electron chi connectivity index (χ1n) is 9.96. The van der Waals surface area contributed by atoms with E-state index in [0.717, 1.165) is 41.5 Å². The molecule has 0 unspecified atom stereocenters. The summed E-state index contributed by atoms with van der Waals surface area (Å²) >= 11 is 0. The fourth-order valence-corrected chi connectivity index (χ4v) is 3.64. The van der Waals surface area contributed by atoms with Crippen LogP contribution < -0.4 is 0 Å². The molecule has 2 aromatic carbocycles. The highest BCUT2D eigenvalue weighted by Crippen LogP contribution is 2.36. The van der Waals surface area contributed by atoms with E-state index in [0.29, 0.717) is 11.5 Å². The molecule has 0 aliphatic heterocycles. The van der Waals surface area contributed by atoms with Gasteiger partial charge in [0.05, 0.1) is 0 Å². The molecule has 2 rings (SSSR count). The van der Waals surface area contributed by atoms with Gasteiger partial charge in [0.15, 0.2) is 0 Å². The lowest BCUT2D eigenvalue weighted by atomic mass is 9.83. The summed E-state index contributed by atoms with van der Waals surface area (Å²) in [7, 11) is 0. The summed E-state index contributed by atoms with van der Waals surface area (Å²) in [5, 5.41) is 20.8. The molecule has 0 saturated heterocycles. The highest BCUT2D eigenvalue weighted by molar-refractivity contribution is 5.47. The first kappa shape index (κ1) is 21.3. The largest absolute Gasteiger partial charge is 0.507 e. The molecule has 2 heteroatoms. The van der Waals surface area contributed by atoms with Gasteiger partial charge in [-0.05, 0) is 77.3 Å². The van der Waals surface area contributed by atoms with Gasteiger partial charge in [0.2, 0.25) is 0 Å². The summed E-state index contributed by atoms with van der Waals surface area (Å²) < 4.78 is 0. The summed E-state index contributed by atoms with van der Waals surface area (Å²) in [6.07, 6.45) is 3.01. The summed E-state index contributed by atoms with van der Waals surface area (Å²) in [6.45, 7) is 16.8. The van der Waals surface area contributed by atoms with E-state index in [-0.39, 0.29) is 10.8 Å². The predicted molar refractivity (Wildman–Crippen MR) is 115 cm³/mol. The minimum absolute atomic E-state index is 0.0689. The summed E-state index contributed by atoms with van der Waals surface area (Å²) in [6, 6.07) is 8.52. The topological polar surface area (TPSA) is 40.5 Å². The van der Waals surface area contributed by atoms with E-state index >= 15 is 0 Å². The molecule has 148 valence electrons. The second kappa shape index (κ2) is 7.58. The number of aromatic hydroxyl groups is 2. The van der Waals surface area contributed by atoms with Gasteiger partial charge >= 0.3 is 0 Å². The van der Waals surface area contributed by atoms with Crippen LogP contribution in [0.25, 0.3) is 0 Å². The fourth-order valence-electron chi connectivity index (χ4n) is 3.64. The molecular formula is C25H36O2. The highest BCUT2D eigenvalue weighted by atomic mass is 16.3. The number of hydrogen-bond donors (Lipinski definition) is 2. The molecule has 0 aliphatic carbocycles. The van der Waals surface area contributed by atoms with Gasteiger partial charge in [-0.2, -0.15) is 0 Å². The molecule has 0 spiro atoms. The Balaban J connectivity index is 2.18. The number of benzene rings is 2. The molecule has 0 aromatic heterocycles. The fraction of sp³-hybridized carbons (Fsp3) is 0.520. The molecule has 0 atom stereocenters. The zero-order valence-corrected chi connectivity index (χ0v) is 18.3. The number of aryl methyl sites for hydroxylation is 4. The van der Waals surface area contributed by atoms with E-state index < -0.39 is 0 Å². The van der Waals surface area contributed by atoms with Gasteiger partial charge in [-0.1, -0.05) is 65.8 Å². The van der Waals surface area contributed by atoms with Crippen molar-refractivity contribution in [2.24, 2.45) is 0 Å². The van der Waals surface area contributed by atoms with Crippen LogP contribution in [0.3, 0.4) is 0 Å². The van der Waals surface area contributed by atoms with Crippen LogP contribution in [-0.2, 0) is 23.7 Å². The van der Waals surface area contributed by atoms with E-state index in [1.165, 1.54) is 11.1 Å². The van der Waals surface area contributed by atoms with Crippen molar-refractivity contribution >= 4 is 0 Å². The molecule has 27 heavy (non-hydrogen) atoms. The van der Waals surface area contributed by atoms with Crippen molar-refractivity contribution in [2.45, 2.75) is 85.5 Å². The van der Waals surface area contributed by atoms with E-state index in [4.69, 9.17) is 0 Å². The van der Waals surface area contributed by atoms with Gasteiger partial charge < -0.3 is 10.2 Å². The Labute approximate surface area is 165 Å². The SMILES string of the molecule is Cc1cc(CCCc2cc(C)c(O)c(C(C)(C)C)c2)cc(C(C)(C)C)c1O. The van der Waals surface area contributed by atoms with Gasteiger partial charge in [-0.15, -0.1) is 0 Å². The van der Waals surface area contributed by atoms with Crippen molar-refractivity contribution in [1.82, 2.24) is 0 Å². The molecule has 0 radical (unpaired) electrons. The first-order chi connectivity index (χ1) is 12.3. The average Bonchev–Trinajstić information content (AvgIpc) is 2.51. The zero-order valence-electron chi connectivity index (χ0n) is 18.3. The van der Waals surface area contributed by atoms with E-state index in [2.05, 4.69) is 65.8 Å². The van der Waals surface area contributed by atoms with E-state index in [9.17, 15) is 10.2 Å². The van der Waals surface area contributed by atoms with Crippen molar-refractivity contribution in [3.8, 4) is 11.5 Å². The molecule has 0 fully saturated rings. The van der Waals surface area contributed by atoms with Gasteiger partial charge in [0.25, 0.3) is 0 Å². The maximum Gasteiger partial charge on any atom is 0.122 e. The van der Waals surface area contributed by atoms with Crippen LogP contribution in [0.2, 0.25) is 0 Å². The van der Waals surface area contributed by atoms with Crippen LogP contribution in [0.5, 0.6) is 11.5 Å². The van der Waals surface area contributed by atoms with Crippen LogP contribution >= 0.6 is 0 Å². The van der Waals surface area contributed by atoms with E-state index in [1.807, 2.05) is 13.8 Å². The minimum Gasteiger partial charge on any atom is -0.507 e. The lowest BCUT2D eigenvalue weighted by Gasteiger charge is -2.23. The molecule has 0 bridgehead atoms. The Kier molecular flexibility index (Phi) is 5.99. The molecule has 0 aliphatic rings. The Bertz CT molecular complexity index is 748. The van der Waals surface area contributed by atoms with Crippen LogP contribution in [0.15, 0.2) is 24.3 Å². The third-order valence-electron chi connectivity index (χ3n) is 5.27. The number of phenols is 2. The Hall–Kier alpha value is -1.96. The van der Waals surface area contributed by atoms with Crippen LogP contribution in [0.1, 0.15) is 81.3 Å². The highest BCUT2D eigenvalue weighted by Gasteiger charge is 2.21. The Morgan fingerprint density at radius 1 is 0.630 bits per heavy atom. The molecule has 2 nitrogen and oxygen atoms in total. The number of phenolic OH excluding ortho intramolecular Hbond substituents is 2. The monoisotopic (exact) mass is 368 g/mol. The van der Waals surface area contributed by atoms with Gasteiger partial charge in [0, 0.05) is 0 Å². The normalized spacial score (nSPS) is 12.4. The Morgan fingerprint density at radius 2 is 0.963 bits per heavy atom. The lowest BCUT2D eigenvalue weighted by Crippen LogP contribution is -2.13. The first-order valence-corrected chi connectivity index (χ1v) is 9.96. The second-order valence-electron chi connectivity index (χ2n) is 9.97. The third-order valence-corrected chi connectivity index (χ3v) is 5.27. The van der Waals surface area contributed by atoms with Gasteiger partial charge in [-0.25, -0.2) is 0 Å². The van der Waals surface area contributed by atoms with Gasteiger partial charge in [-0.3, -0.25) is 0 Å². The second-order valence-corrected chi connectivity index (χ2v) is 9.97. The van der Waals surface area contributed by atoms with Crippen LogP contribution in [0, 0.1) is 13.8 Å². The van der Waals surface area contributed by atoms with Crippen LogP contribution in [-0.4, -0.2) is 10.2 Å². The van der Waals surface area contributed by atoms with Crippen molar-refractivity contribution in [3.05, 3.63) is 57.6 Å².